The standard InChI is InChI=1S/C24H38O4/c1-16(2)15-19-22-18(9-10-20(25)17-7-5-4-6-8-17)21(26)11-12-23(22,3)24(19)27-13-14-28-24/h16-22,25-26H,4-8,11-15H2,1-3H3/t18-,19?,20-,21+,22-,23-/m1/s1. The smallest absolute Gasteiger partial charge is 0.177 e. The van der Waals surface area contributed by atoms with Crippen molar-refractivity contribution in [1.82, 2.24) is 0 Å². The maximum atomic E-state index is 10.8. The van der Waals surface area contributed by atoms with Crippen LogP contribution < -0.4 is 0 Å². The van der Waals surface area contributed by atoms with Gasteiger partial charge in [0.15, 0.2) is 5.79 Å². The Morgan fingerprint density at radius 1 is 1.07 bits per heavy atom. The van der Waals surface area contributed by atoms with Crippen LogP contribution in [0.1, 0.15) is 72.1 Å². The Bertz CT molecular complexity index is 608. The molecule has 3 saturated carbocycles. The normalized spacial score (nSPS) is 41.2. The van der Waals surface area contributed by atoms with Gasteiger partial charge in [0.25, 0.3) is 0 Å². The molecule has 0 radical (unpaired) electrons. The zero-order valence-electron chi connectivity index (χ0n) is 17.8. The number of hydrogen-bond donors (Lipinski definition) is 2. The second-order valence-corrected chi connectivity index (χ2v) is 10.3. The molecule has 0 aromatic rings. The molecule has 158 valence electrons. The molecule has 4 heteroatoms. The predicted molar refractivity (Wildman–Crippen MR) is 108 cm³/mol. The van der Waals surface area contributed by atoms with E-state index in [-0.39, 0.29) is 23.2 Å². The molecule has 2 N–H and O–H groups in total. The van der Waals surface area contributed by atoms with Crippen LogP contribution >= 0.6 is 0 Å². The molecule has 4 nitrogen and oxygen atoms in total. The van der Waals surface area contributed by atoms with Gasteiger partial charge in [-0.05, 0) is 49.9 Å². The molecule has 1 aliphatic heterocycles. The monoisotopic (exact) mass is 390 g/mol. The summed E-state index contributed by atoms with van der Waals surface area (Å²) < 4.78 is 12.5. The van der Waals surface area contributed by atoms with E-state index >= 15 is 0 Å². The third-order valence-electron chi connectivity index (χ3n) is 8.15. The molecular formula is C24H38O4. The van der Waals surface area contributed by atoms with Crippen LogP contribution in [0.25, 0.3) is 0 Å². The van der Waals surface area contributed by atoms with Crippen molar-refractivity contribution in [3.63, 3.8) is 0 Å². The molecule has 1 heterocycles. The highest BCUT2D eigenvalue weighted by molar-refractivity contribution is 5.24. The molecule has 3 aliphatic carbocycles. The minimum Gasteiger partial charge on any atom is -0.392 e. The lowest BCUT2D eigenvalue weighted by Gasteiger charge is -2.69. The van der Waals surface area contributed by atoms with Crippen LogP contribution in [-0.2, 0) is 9.47 Å². The van der Waals surface area contributed by atoms with Gasteiger partial charge in [-0.15, -0.1) is 0 Å². The molecular weight excluding hydrogens is 352 g/mol. The fraction of sp³-hybridized carbons (Fsp3) is 0.917. The van der Waals surface area contributed by atoms with Gasteiger partial charge in [0, 0.05) is 11.3 Å². The first-order valence-electron chi connectivity index (χ1n) is 11.5. The van der Waals surface area contributed by atoms with E-state index in [4.69, 9.17) is 9.47 Å². The largest absolute Gasteiger partial charge is 0.392 e. The van der Waals surface area contributed by atoms with Crippen LogP contribution in [0.2, 0.25) is 0 Å². The molecule has 4 fully saturated rings. The first-order chi connectivity index (χ1) is 13.4. The predicted octanol–water partition coefficient (Wildman–Crippen LogP) is 3.74. The Kier molecular flexibility index (Phi) is 5.84. The van der Waals surface area contributed by atoms with Crippen LogP contribution in [0.3, 0.4) is 0 Å². The maximum Gasteiger partial charge on any atom is 0.177 e. The van der Waals surface area contributed by atoms with Crippen LogP contribution in [0, 0.1) is 46.8 Å². The zero-order valence-corrected chi connectivity index (χ0v) is 17.8. The number of fused-ring (bicyclic) bond motifs is 2. The summed E-state index contributed by atoms with van der Waals surface area (Å²) in [7, 11) is 0. The van der Waals surface area contributed by atoms with Gasteiger partial charge in [0.1, 0.15) is 6.10 Å². The molecule has 4 rings (SSSR count). The van der Waals surface area contributed by atoms with Gasteiger partial charge in [0.05, 0.1) is 25.2 Å². The Balaban J connectivity index is 1.58. The van der Waals surface area contributed by atoms with Crippen LogP contribution in [0.15, 0.2) is 0 Å². The van der Waals surface area contributed by atoms with Crippen LogP contribution in [0.5, 0.6) is 0 Å². The number of aliphatic hydroxyl groups excluding tert-OH is 2. The fourth-order valence-corrected chi connectivity index (χ4v) is 6.81. The summed E-state index contributed by atoms with van der Waals surface area (Å²) in [4.78, 5) is 0. The van der Waals surface area contributed by atoms with Crippen molar-refractivity contribution in [2.45, 2.75) is 90.1 Å². The molecule has 1 spiro atoms. The molecule has 0 aromatic heterocycles. The van der Waals surface area contributed by atoms with Crippen LogP contribution in [-0.4, -0.2) is 41.4 Å². The number of ether oxygens (including phenoxy) is 2. The first-order valence-corrected chi connectivity index (χ1v) is 11.5. The van der Waals surface area contributed by atoms with Crippen molar-refractivity contribution < 1.29 is 19.7 Å². The summed E-state index contributed by atoms with van der Waals surface area (Å²) in [5, 5.41) is 21.5. The lowest BCUT2D eigenvalue weighted by Crippen LogP contribution is -2.74. The average molecular weight is 391 g/mol. The minimum atomic E-state index is -0.558. The van der Waals surface area contributed by atoms with E-state index in [0.29, 0.717) is 25.0 Å². The van der Waals surface area contributed by atoms with Crippen molar-refractivity contribution in [3.05, 3.63) is 0 Å². The summed E-state index contributed by atoms with van der Waals surface area (Å²) in [5.41, 5.74) is -0.0998. The van der Waals surface area contributed by atoms with Gasteiger partial charge >= 0.3 is 0 Å². The SMILES string of the molecule is CC(C)CC1[C@H]2[C@H](C#C[C@@H](O)C3CCCCC3)[C@@H](O)CC[C@@]2(C)C12OCCO2. The van der Waals surface area contributed by atoms with Gasteiger partial charge < -0.3 is 19.7 Å². The van der Waals surface area contributed by atoms with E-state index in [2.05, 4.69) is 32.6 Å². The maximum absolute atomic E-state index is 10.8. The number of rotatable bonds is 3. The van der Waals surface area contributed by atoms with E-state index in [9.17, 15) is 10.2 Å². The molecule has 0 aromatic carbocycles. The molecule has 28 heavy (non-hydrogen) atoms. The average Bonchev–Trinajstić information content (AvgIpc) is 3.20. The second-order valence-electron chi connectivity index (χ2n) is 10.3. The van der Waals surface area contributed by atoms with E-state index in [1.165, 1.54) is 19.3 Å². The third kappa shape index (κ3) is 3.23. The quantitative estimate of drug-likeness (QED) is 0.721. The summed E-state index contributed by atoms with van der Waals surface area (Å²) in [5.74, 6) is 7.32. The van der Waals surface area contributed by atoms with Crippen molar-refractivity contribution in [3.8, 4) is 11.8 Å². The van der Waals surface area contributed by atoms with Crippen molar-refractivity contribution in [1.29, 1.82) is 0 Å². The molecule has 0 bridgehead atoms. The minimum absolute atomic E-state index is 0.0980. The summed E-state index contributed by atoms with van der Waals surface area (Å²) in [6.45, 7) is 8.08. The van der Waals surface area contributed by atoms with Crippen molar-refractivity contribution >= 4 is 0 Å². The Morgan fingerprint density at radius 2 is 1.75 bits per heavy atom. The lowest BCUT2D eigenvalue weighted by molar-refractivity contribution is -0.387. The van der Waals surface area contributed by atoms with E-state index in [0.717, 1.165) is 32.1 Å². The van der Waals surface area contributed by atoms with Gasteiger partial charge in [-0.2, -0.15) is 0 Å². The highest BCUT2D eigenvalue weighted by atomic mass is 16.7. The molecule has 4 aliphatic rings. The third-order valence-corrected chi connectivity index (χ3v) is 8.15. The number of hydrogen-bond acceptors (Lipinski definition) is 4. The van der Waals surface area contributed by atoms with E-state index in [1.54, 1.807) is 0 Å². The highest BCUT2D eigenvalue weighted by Crippen LogP contribution is 2.70. The summed E-state index contributed by atoms with van der Waals surface area (Å²) in [6, 6.07) is 0. The molecule has 1 saturated heterocycles. The Labute approximate surface area is 170 Å². The zero-order chi connectivity index (χ0) is 19.9. The summed E-state index contributed by atoms with van der Waals surface area (Å²) in [6.07, 6.45) is 7.51. The van der Waals surface area contributed by atoms with Crippen molar-refractivity contribution in [2.24, 2.45) is 35.0 Å². The van der Waals surface area contributed by atoms with Gasteiger partial charge in [0.2, 0.25) is 0 Å². The molecule has 0 amide bonds. The van der Waals surface area contributed by atoms with Gasteiger partial charge in [-0.3, -0.25) is 0 Å². The lowest BCUT2D eigenvalue weighted by atomic mass is 9.41. The van der Waals surface area contributed by atoms with Gasteiger partial charge in [-0.1, -0.05) is 51.9 Å². The number of aliphatic hydroxyl groups is 2. The fourth-order valence-electron chi connectivity index (χ4n) is 6.81. The van der Waals surface area contributed by atoms with E-state index in [1.807, 2.05) is 0 Å². The first kappa shape index (κ1) is 20.7. The Morgan fingerprint density at radius 3 is 2.39 bits per heavy atom. The summed E-state index contributed by atoms with van der Waals surface area (Å²) >= 11 is 0. The van der Waals surface area contributed by atoms with Gasteiger partial charge in [-0.25, -0.2) is 0 Å². The van der Waals surface area contributed by atoms with Crippen LogP contribution in [0.4, 0.5) is 0 Å². The Hall–Kier alpha value is -0.600. The molecule has 6 atom stereocenters. The topological polar surface area (TPSA) is 58.9 Å². The van der Waals surface area contributed by atoms with Crippen molar-refractivity contribution in [2.75, 3.05) is 13.2 Å². The second kappa shape index (κ2) is 7.91. The molecule has 1 unspecified atom stereocenters. The highest BCUT2D eigenvalue weighted by Gasteiger charge is 2.75. The van der Waals surface area contributed by atoms with E-state index < -0.39 is 18.0 Å².